The summed E-state index contributed by atoms with van der Waals surface area (Å²) in [7, 11) is 0. The van der Waals surface area contributed by atoms with Crippen LogP contribution in [0.5, 0.6) is 0 Å². The summed E-state index contributed by atoms with van der Waals surface area (Å²) < 4.78 is 0. The number of carbonyl (C=O) groups is 1. The third-order valence-corrected chi connectivity index (χ3v) is 3.66. The number of carbonyl (C=O) groups excluding carboxylic acids is 1. The fourth-order valence-electron chi connectivity index (χ4n) is 2.86. The van der Waals surface area contributed by atoms with Gasteiger partial charge in [0.25, 0.3) is 0 Å². The molecular formula is C15H23N3O. The van der Waals surface area contributed by atoms with Crippen molar-refractivity contribution in [3.63, 3.8) is 0 Å². The molecule has 1 saturated heterocycles. The zero-order valence-corrected chi connectivity index (χ0v) is 12.2. The molecule has 1 aliphatic heterocycles. The first kappa shape index (κ1) is 13.9. The van der Waals surface area contributed by atoms with Crippen LogP contribution >= 0.6 is 0 Å². The van der Waals surface area contributed by atoms with Gasteiger partial charge in [-0.05, 0) is 38.8 Å². The van der Waals surface area contributed by atoms with Crippen molar-refractivity contribution in [2.24, 2.45) is 5.73 Å². The minimum Gasteiger partial charge on any atom is -0.356 e. The number of benzene rings is 1. The molecule has 1 heterocycles. The number of aryl methyl sites for hydroxylation is 2. The second-order valence-electron chi connectivity index (χ2n) is 5.99. The van der Waals surface area contributed by atoms with Gasteiger partial charge in [0.05, 0.1) is 5.54 Å². The van der Waals surface area contributed by atoms with E-state index in [0.29, 0.717) is 6.54 Å². The van der Waals surface area contributed by atoms with Gasteiger partial charge in [0.15, 0.2) is 0 Å². The Labute approximate surface area is 115 Å². The Bertz CT molecular complexity index is 476. The number of nitrogens with zero attached hydrogens (tertiary/aromatic N) is 1. The van der Waals surface area contributed by atoms with Gasteiger partial charge in [0, 0.05) is 18.8 Å². The van der Waals surface area contributed by atoms with Crippen molar-refractivity contribution in [3.8, 4) is 0 Å². The van der Waals surface area contributed by atoms with E-state index in [1.54, 1.807) is 0 Å². The molecule has 19 heavy (non-hydrogen) atoms. The van der Waals surface area contributed by atoms with Gasteiger partial charge in [-0.3, -0.25) is 4.79 Å². The van der Waals surface area contributed by atoms with Crippen molar-refractivity contribution < 1.29 is 4.79 Å². The molecule has 0 aromatic heterocycles. The van der Waals surface area contributed by atoms with Crippen molar-refractivity contribution in [1.82, 2.24) is 5.32 Å². The Morgan fingerprint density at radius 1 is 1.37 bits per heavy atom. The van der Waals surface area contributed by atoms with E-state index in [4.69, 9.17) is 5.73 Å². The standard InChI is InChI=1S/C15H23N3O/c1-10-6-5-7-11(2)13(10)18-9-15(3,4)17-14(19)12(18)8-16/h5-7,12H,8-9,16H2,1-4H3,(H,17,19). The SMILES string of the molecule is Cc1cccc(C)c1N1CC(C)(C)NC(=O)C1CN. The summed E-state index contributed by atoms with van der Waals surface area (Å²) in [5.41, 5.74) is 9.08. The Morgan fingerprint density at radius 2 is 1.95 bits per heavy atom. The lowest BCUT2D eigenvalue weighted by Crippen LogP contribution is -2.67. The first-order chi connectivity index (χ1) is 8.85. The molecule has 0 radical (unpaired) electrons. The quantitative estimate of drug-likeness (QED) is 0.845. The summed E-state index contributed by atoms with van der Waals surface area (Å²) in [6.07, 6.45) is 0. The predicted molar refractivity (Wildman–Crippen MR) is 78.3 cm³/mol. The van der Waals surface area contributed by atoms with Crippen molar-refractivity contribution >= 4 is 11.6 Å². The Balaban J connectivity index is 2.47. The number of anilines is 1. The highest BCUT2D eigenvalue weighted by atomic mass is 16.2. The van der Waals surface area contributed by atoms with E-state index in [1.165, 1.54) is 11.1 Å². The van der Waals surface area contributed by atoms with Gasteiger partial charge in [-0.1, -0.05) is 18.2 Å². The van der Waals surface area contributed by atoms with Crippen LogP contribution in [0.2, 0.25) is 0 Å². The smallest absolute Gasteiger partial charge is 0.244 e. The maximum Gasteiger partial charge on any atom is 0.244 e. The summed E-state index contributed by atoms with van der Waals surface area (Å²) in [5.74, 6) is 0.0152. The van der Waals surface area contributed by atoms with Crippen molar-refractivity contribution in [2.45, 2.75) is 39.3 Å². The topological polar surface area (TPSA) is 58.4 Å². The minimum atomic E-state index is -0.284. The maximum absolute atomic E-state index is 12.2. The van der Waals surface area contributed by atoms with Crippen LogP contribution in [-0.4, -0.2) is 30.6 Å². The third kappa shape index (κ3) is 2.59. The van der Waals surface area contributed by atoms with E-state index < -0.39 is 0 Å². The molecule has 0 bridgehead atoms. The number of hydrogen-bond acceptors (Lipinski definition) is 3. The molecule has 1 aliphatic rings. The lowest BCUT2D eigenvalue weighted by Gasteiger charge is -2.45. The summed E-state index contributed by atoms with van der Waals surface area (Å²) in [5, 5.41) is 3.03. The van der Waals surface area contributed by atoms with Crippen molar-refractivity contribution in [3.05, 3.63) is 29.3 Å². The van der Waals surface area contributed by atoms with Gasteiger partial charge in [-0.25, -0.2) is 0 Å². The molecule has 1 fully saturated rings. The van der Waals surface area contributed by atoms with Crippen LogP contribution < -0.4 is 16.0 Å². The second kappa shape index (κ2) is 4.85. The molecule has 1 unspecified atom stereocenters. The number of rotatable bonds is 2. The predicted octanol–water partition coefficient (Wildman–Crippen LogP) is 1.35. The van der Waals surface area contributed by atoms with Crippen LogP contribution in [0.3, 0.4) is 0 Å². The highest BCUT2D eigenvalue weighted by molar-refractivity contribution is 5.88. The summed E-state index contributed by atoms with van der Waals surface area (Å²) in [4.78, 5) is 14.4. The Kier molecular flexibility index (Phi) is 3.54. The van der Waals surface area contributed by atoms with Crippen LogP contribution in [0.25, 0.3) is 0 Å². The molecule has 104 valence electrons. The molecule has 0 spiro atoms. The average Bonchev–Trinajstić information content (AvgIpc) is 2.26. The first-order valence-electron chi connectivity index (χ1n) is 6.70. The van der Waals surface area contributed by atoms with E-state index in [1.807, 2.05) is 19.9 Å². The zero-order valence-electron chi connectivity index (χ0n) is 12.2. The molecule has 0 saturated carbocycles. The fourth-order valence-corrected chi connectivity index (χ4v) is 2.86. The monoisotopic (exact) mass is 261 g/mol. The molecule has 2 rings (SSSR count). The van der Waals surface area contributed by atoms with Crippen molar-refractivity contribution in [1.29, 1.82) is 0 Å². The van der Waals surface area contributed by atoms with Crippen LogP contribution in [0.4, 0.5) is 5.69 Å². The van der Waals surface area contributed by atoms with Gasteiger partial charge in [0.2, 0.25) is 5.91 Å². The Hall–Kier alpha value is -1.55. The molecule has 4 heteroatoms. The summed E-state index contributed by atoms with van der Waals surface area (Å²) in [6.45, 7) is 9.34. The number of hydrogen-bond donors (Lipinski definition) is 2. The van der Waals surface area contributed by atoms with E-state index in [0.717, 1.165) is 12.2 Å². The lowest BCUT2D eigenvalue weighted by molar-refractivity contribution is -0.125. The highest BCUT2D eigenvalue weighted by Gasteiger charge is 2.38. The number of para-hydroxylation sites is 1. The second-order valence-corrected chi connectivity index (χ2v) is 5.99. The number of piperazine rings is 1. The number of nitrogens with two attached hydrogens (primary N) is 1. The number of nitrogens with one attached hydrogen (secondary N) is 1. The molecular weight excluding hydrogens is 238 g/mol. The highest BCUT2D eigenvalue weighted by Crippen LogP contribution is 2.29. The van der Waals surface area contributed by atoms with Crippen LogP contribution in [0, 0.1) is 13.8 Å². The summed E-state index contributed by atoms with van der Waals surface area (Å²) in [6, 6.07) is 5.92. The van der Waals surface area contributed by atoms with E-state index in [9.17, 15) is 4.79 Å². The molecule has 0 aliphatic carbocycles. The lowest BCUT2D eigenvalue weighted by atomic mass is 9.95. The van der Waals surface area contributed by atoms with Crippen LogP contribution in [-0.2, 0) is 4.79 Å². The Morgan fingerprint density at radius 3 is 2.47 bits per heavy atom. The zero-order chi connectivity index (χ0) is 14.2. The molecule has 3 N–H and O–H groups in total. The van der Waals surface area contributed by atoms with Gasteiger partial charge in [-0.2, -0.15) is 0 Å². The molecule has 1 aromatic rings. The van der Waals surface area contributed by atoms with Gasteiger partial charge >= 0.3 is 0 Å². The van der Waals surface area contributed by atoms with E-state index in [2.05, 4.69) is 36.2 Å². The number of amides is 1. The van der Waals surface area contributed by atoms with E-state index >= 15 is 0 Å². The molecule has 4 nitrogen and oxygen atoms in total. The van der Waals surface area contributed by atoms with Gasteiger partial charge < -0.3 is 16.0 Å². The molecule has 1 amide bonds. The normalized spacial score (nSPS) is 22.3. The third-order valence-electron chi connectivity index (χ3n) is 3.66. The minimum absolute atomic E-state index is 0.0152. The maximum atomic E-state index is 12.2. The summed E-state index contributed by atoms with van der Waals surface area (Å²) >= 11 is 0. The molecule has 1 aromatic carbocycles. The van der Waals surface area contributed by atoms with Gasteiger partial charge in [-0.15, -0.1) is 0 Å². The van der Waals surface area contributed by atoms with E-state index in [-0.39, 0.29) is 17.5 Å². The average molecular weight is 261 g/mol. The van der Waals surface area contributed by atoms with Crippen molar-refractivity contribution in [2.75, 3.05) is 18.0 Å². The largest absolute Gasteiger partial charge is 0.356 e. The first-order valence-corrected chi connectivity index (χ1v) is 6.70. The van der Waals surface area contributed by atoms with Gasteiger partial charge in [0.1, 0.15) is 6.04 Å². The van der Waals surface area contributed by atoms with Crippen LogP contribution in [0.1, 0.15) is 25.0 Å². The molecule has 1 atom stereocenters. The fraction of sp³-hybridized carbons (Fsp3) is 0.533. The van der Waals surface area contributed by atoms with Crippen LogP contribution in [0.15, 0.2) is 18.2 Å².